The monoisotopic (exact) mass is 369 g/mol. The molecule has 1 saturated heterocycles. The minimum atomic E-state index is -0.597. The Labute approximate surface area is 159 Å². The first kappa shape index (κ1) is 19.1. The molecular formula is C20H27N5O2. The van der Waals surface area contributed by atoms with E-state index in [-0.39, 0.29) is 11.9 Å². The maximum Gasteiger partial charge on any atom is 0.286 e. The van der Waals surface area contributed by atoms with Gasteiger partial charge in [-0.3, -0.25) is 4.79 Å². The maximum absolute atomic E-state index is 11.5. The van der Waals surface area contributed by atoms with Crippen LogP contribution in [0.2, 0.25) is 0 Å². The third-order valence-electron chi connectivity index (χ3n) is 5.15. The number of aromatic nitrogens is 2. The molecule has 1 fully saturated rings. The van der Waals surface area contributed by atoms with Crippen molar-refractivity contribution in [3.63, 3.8) is 0 Å². The molecule has 0 aliphatic carbocycles. The number of anilines is 1. The molecule has 3 N–H and O–H groups in total. The van der Waals surface area contributed by atoms with E-state index in [1.54, 1.807) is 7.11 Å². The highest BCUT2D eigenvalue weighted by Gasteiger charge is 2.27. The highest BCUT2D eigenvalue weighted by molar-refractivity contribution is 5.89. The summed E-state index contributed by atoms with van der Waals surface area (Å²) in [6, 6.07) is 8.65. The largest absolute Gasteiger partial charge is 0.497 e. The lowest BCUT2D eigenvalue weighted by Gasteiger charge is -2.23. The number of carbonyl (C=O) groups is 1. The summed E-state index contributed by atoms with van der Waals surface area (Å²) >= 11 is 0. The van der Waals surface area contributed by atoms with E-state index in [4.69, 9.17) is 10.5 Å². The third-order valence-corrected chi connectivity index (χ3v) is 5.15. The summed E-state index contributed by atoms with van der Waals surface area (Å²) < 4.78 is 5.32. The number of ether oxygens (including phenoxy) is 1. The van der Waals surface area contributed by atoms with Gasteiger partial charge in [-0.1, -0.05) is 12.1 Å². The zero-order valence-corrected chi connectivity index (χ0v) is 16.3. The number of rotatable bonds is 6. The second-order valence-electron chi connectivity index (χ2n) is 7.04. The van der Waals surface area contributed by atoms with Crippen LogP contribution in [-0.2, 0) is 0 Å². The van der Waals surface area contributed by atoms with Crippen molar-refractivity contribution in [2.24, 2.45) is 5.73 Å². The molecule has 1 aliphatic heterocycles. The molecule has 1 aromatic carbocycles. The molecule has 0 spiro atoms. The number of benzene rings is 1. The van der Waals surface area contributed by atoms with Crippen LogP contribution in [0.1, 0.15) is 46.8 Å². The van der Waals surface area contributed by atoms with Gasteiger partial charge in [0.05, 0.1) is 7.11 Å². The van der Waals surface area contributed by atoms with E-state index >= 15 is 0 Å². The Bertz CT molecular complexity index is 839. The summed E-state index contributed by atoms with van der Waals surface area (Å²) in [4.78, 5) is 22.3. The third kappa shape index (κ3) is 4.19. The highest BCUT2D eigenvalue weighted by Crippen LogP contribution is 2.26. The maximum atomic E-state index is 11.5. The number of nitrogens with zero attached hydrogens (tertiary/aromatic N) is 3. The van der Waals surface area contributed by atoms with E-state index in [1.165, 1.54) is 5.56 Å². The predicted octanol–water partition coefficient (Wildman–Crippen LogP) is 2.13. The highest BCUT2D eigenvalue weighted by atomic mass is 16.5. The molecule has 7 heteroatoms. The second kappa shape index (κ2) is 7.92. The molecule has 0 bridgehead atoms. The smallest absolute Gasteiger partial charge is 0.286 e. The lowest BCUT2D eigenvalue weighted by molar-refractivity contribution is 0.0990. The molecule has 1 aromatic heterocycles. The molecule has 7 nitrogen and oxygen atoms in total. The molecule has 1 aliphatic rings. The molecule has 1 amide bonds. The Morgan fingerprint density at radius 2 is 2.15 bits per heavy atom. The quantitative estimate of drug-likeness (QED) is 0.810. The summed E-state index contributed by atoms with van der Waals surface area (Å²) in [5.74, 6) is 1.14. The van der Waals surface area contributed by atoms with Crippen LogP contribution < -0.4 is 20.7 Å². The van der Waals surface area contributed by atoms with E-state index in [2.05, 4.69) is 39.2 Å². The Balaban J connectivity index is 1.71. The molecule has 1 unspecified atom stereocenters. The van der Waals surface area contributed by atoms with Gasteiger partial charge in [0.25, 0.3) is 5.91 Å². The van der Waals surface area contributed by atoms with Gasteiger partial charge in [-0.15, -0.1) is 0 Å². The van der Waals surface area contributed by atoms with Crippen molar-refractivity contribution < 1.29 is 9.53 Å². The van der Waals surface area contributed by atoms with E-state index in [1.807, 2.05) is 26.0 Å². The van der Waals surface area contributed by atoms with Crippen molar-refractivity contribution in [1.29, 1.82) is 0 Å². The molecule has 2 aromatic rings. The second-order valence-corrected chi connectivity index (χ2v) is 7.04. The lowest BCUT2D eigenvalue weighted by atomic mass is 10.1. The summed E-state index contributed by atoms with van der Waals surface area (Å²) in [7, 11) is 1.68. The first-order chi connectivity index (χ1) is 12.9. The number of amides is 1. The Hall–Kier alpha value is -2.67. The van der Waals surface area contributed by atoms with Crippen LogP contribution >= 0.6 is 0 Å². The predicted molar refractivity (Wildman–Crippen MR) is 105 cm³/mol. The zero-order valence-electron chi connectivity index (χ0n) is 16.3. The number of hydrogen-bond donors (Lipinski definition) is 2. The fourth-order valence-corrected chi connectivity index (χ4v) is 3.48. The summed E-state index contributed by atoms with van der Waals surface area (Å²) in [6.45, 7) is 7.71. The molecule has 0 saturated carbocycles. The van der Waals surface area contributed by atoms with Crippen LogP contribution in [0.5, 0.6) is 5.75 Å². The van der Waals surface area contributed by atoms with Gasteiger partial charge in [-0.2, -0.15) is 0 Å². The van der Waals surface area contributed by atoms with Crippen LogP contribution in [0, 0.1) is 13.8 Å². The minimum Gasteiger partial charge on any atom is -0.497 e. The lowest BCUT2D eigenvalue weighted by Crippen LogP contribution is -2.35. The van der Waals surface area contributed by atoms with Gasteiger partial charge in [0, 0.05) is 36.4 Å². The minimum absolute atomic E-state index is 0.0780. The first-order valence-electron chi connectivity index (χ1n) is 9.19. The van der Waals surface area contributed by atoms with E-state index in [0.717, 1.165) is 42.3 Å². The average Bonchev–Trinajstić information content (AvgIpc) is 3.11. The van der Waals surface area contributed by atoms with Crippen molar-refractivity contribution in [2.75, 3.05) is 25.1 Å². The van der Waals surface area contributed by atoms with Gasteiger partial charge >= 0.3 is 0 Å². The first-order valence-corrected chi connectivity index (χ1v) is 9.19. The molecule has 2 atom stereocenters. The van der Waals surface area contributed by atoms with Crippen molar-refractivity contribution in [3.05, 3.63) is 46.9 Å². The molecule has 27 heavy (non-hydrogen) atoms. The number of primary amides is 1. The van der Waals surface area contributed by atoms with Gasteiger partial charge in [0.2, 0.25) is 5.82 Å². The van der Waals surface area contributed by atoms with Crippen molar-refractivity contribution in [3.8, 4) is 5.75 Å². The van der Waals surface area contributed by atoms with Gasteiger partial charge in [0.15, 0.2) is 0 Å². The van der Waals surface area contributed by atoms with Crippen LogP contribution in [0.4, 0.5) is 5.82 Å². The SMILES string of the molecule is COc1cccc(C(C)N[C@@H]2CCN(c3nc(C(N)=O)nc(C)c3C)C2)c1. The van der Waals surface area contributed by atoms with Crippen molar-refractivity contribution in [1.82, 2.24) is 15.3 Å². The summed E-state index contributed by atoms with van der Waals surface area (Å²) in [5, 5.41) is 3.69. The molecule has 2 heterocycles. The van der Waals surface area contributed by atoms with Gasteiger partial charge in [0.1, 0.15) is 11.6 Å². The van der Waals surface area contributed by atoms with Crippen LogP contribution in [0.15, 0.2) is 24.3 Å². The fraction of sp³-hybridized carbons (Fsp3) is 0.450. The van der Waals surface area contributed by atoms with Crippen molar-refractivity contribution >= 4 is 11.7 Å². The summed E-state index contributed by atoms with van der Waals surface area (Å²) in [6.07, 6.45) is 1.00. The van der Waals surface area contributed by atoms with Gasteiger partial charge in [-0.05, 0) is 44.9 Å². The van der Waals surface area contributed by atoms with E-state index in [9.17, 15) is 4.79 Å². The topological polar surface area (TPSA) is 93.4 Å². The summed E-state index contributed by atoms with van der Waals surface area (Å²) in [5.41, 5.74) is 8.34. The van der Waals surface area contributed by atoms with Crippen molar-refractivity contribution in [2.45, 2.75) is 39.3 Å². The van der Waals surface area contributed by atoms with Crippen LogP contribution in [-0.4, -0.2) is 42.1 Å². The normalized spacial score (nSPS) is 17.8. The molecule has 144 valence electrons. The molecular weight excluding hydrogens is 342 g/mol. The standard InChI is InChI=1S/C20H27N5O2/c1-12-13(2)23-19(18(21)26)24-20(12)25-9-8-16(11-25)22-14(3)15-6-5-7-17(10-15)27-4/h5-7,10,14,16,22H,8-9,11H2,1-4H3,(H2,21,26)/t14?,16-/m1/s1. The Morgan fingerprint density at radius 1 is 1.37 bits per heavy atom. The van der Waals surface area contributed by atoms with Gasteiger partial charge in [-0.25, -0.2) is 9.97 Å². The number of aryl methyl sites for hydroxylation is 1. The number of methoxy groups -OCH3 is 1. The molecule has 3 rings (SSSR count). The fourth-order valence-electron chi connectivity index (χ4n) is 3.48. The molecule has 0 radical (unpaired) electrons. The average molecular weight is 369 g/mol. The van der Waals surface area contributed by atoms with Gasteiger partial charge < -0.3 is 20.7 Å². The van der Waals surface area contributed by atoms with Crippen LogP contribution in [0.3, 0.4) is 0 Å². The number of hydrogen-bond acceptors (Lipinski definition) is 6. The Morgan fingerprint density at radius 3 is 2.85 bits per heavy atom. The van der Waals surface area contributed by atoms with E-state index < -0.39 is 5.91 Å². The van der Waals surface area contributed by atoms with E-state index in [0.29, 0.717) is 6.04 Å². The zero-order chi connectivity index (χ0) is 19.6. The number of nitrogens with two attached hydrogens (primary N) is 1. The number of carbonyl (C=O) groups excluding carboxylic acids is 1. The number of nitrogens with one attached hydrogen (secondary N) is 1. The van der Waals surface area contributed by atoms with Crippen LogP contribution in [0.25, 0.3) is 0 Å². The Kier molecular flexibility index (Phi) is 5.60.